The number of ether oxygens (including phenoxy) is 1. The summed E-state index contributed by atoms with van der Waals surface area (Å²) >= 11 is 6.09. The molecule has 4 rings (SSSR count). The Labute approximate surface area is 122 Å². The van der Waals surface area contributed by atoms with E-state index in [1.54, 1.807) is 0 Å². The molecule has 0 N–H and O–H groups in total. The SMILES string of the molecule is Clc1ccc2ccn(CC3Cc4ccccc4O3)c2c1. The zero-order valence-corrected chi connectivity index (χ0v) is 11.7. The average Bonchev–Trinajstić information content (AvgIpc) is 3.03. The maximum atomic E-state index is 6.09. The van der Waals surface area contributed by atoms with Gasteiger partial charge in [0.2, 0.25) is 0 Å². The lowest BCUT2D eigenvalue weighted by molar-refractivity contribution is 0.211. The zero-order chi connectivity index (χ0) is 13.5. The van der Waals surface area contributed by atoms with Crippen molar-refractivity contribution in [2.24, 2.45) is 0 Å². The molecule has 0 aliphatic carbocycles. The van der Waals surface area contributed by atoms with Gasteiger partial charge >= 0.3 is 0 Å². The smallest absolute Gasteiger partial charge is 0.123 e. The topological polar surface area (TPSA) is 14.2 Å². The van der Waals surface area contributed by atoms with Crippen molar-refractivity contribution in [1.82, 2.24) is 4.57 Å². The van der Waals surface area contributed by atoms with Gasteiger partial charge < -0.3 is 9.30 Å². The van der Waals surface area contributed by atoms with E-state index in [0.29, 0.717) is 0 Å². The fourth-order valence-electron chi connectivity index (χ4n) is 2.89. The first-order valence-electron chi connectivity index (χ1n) is 6.78. The molecule has 0 spiro atoms. The molecule has 2 heterocycles. The highest BCUT2D eigenvalue weighted by Crippen LogP contribution is 2.29. The van der Waals surface area contributed by atoms with Gasteiger partial charge in [-0.05, 0) is 35.2 Å². The van der Waals surface area contributed by atoms with Crippen molar-refractivity contribution in [3.8, 4) is 5.75 Å². The van der Waals surface area contributed by atoms with Crippen LogP contribution in [0.4, 0.5) is 0 Å². The molecule has 1 aliphatic rings. The normalized spacial score (nSPS) is 17.1. The lowest BCUT2D eigenvalue weighted by Gasteiger charge is -2.13. The van der Waals surface area contributed by atoms with Crippen LogP contribution in [0.5, 0.6) is 5.75 Å². The molecule has 3 aromatic rings. The second-order valence-electron chi connectivity index (χ2n) is 5.22. The van der Waals surface area contributed by atoms with Crippen molar-refractivity contribution in [1.29, 1.82) is 0 Å². The summed E-state index contributed by atoms with van der Waals surface area (Å²) in [6, 6.07) is 16.4. The van der Waals surface area contributed by atoms with Crippen LogP contribution in [0.2, 0.25) is 5.02 Å². The van der Waals surface area contributed by atoms with Crippen molar-refractivity contribution in [2.45, 2.75) is 19.1 Å². The van der Waals surface area contributed by atoms with Gasteiger partial charge in [0.05, 0.1) is 6.54 Å². The molecule has 1 aliphatic heterocycles. The van der Waals surface area contributed by atoms with Crippen LogP contribution in [0.15, 0.2) is 54.7 Å². The molecule has 20 heavy (non-hydrogen) atoms. The van der Waals surface area contributed by atoms with Crippen LogP contribution in [0, 0.1) is 0 Å². The minimum atomic E-state index is 0.196. The number of rotatable bonds is 2. The van der Waals surface area contributed by atoms with Crippen molar-refractivity contribution >= 4 is 22.5 Å². The predicted molar refractivity (Wildman–Crippen MR) is 81.5 cm³/mol. The molecule has 0 fully saturated rings. The third-order valence-electron chi connectivity index (χ3n) is 3.85. The zero-order valence-electron chi connectivity index (χ0n) is 10.9. The molecule has 1 aromatic heterocycles. The second-order valence-corrected chi connectivity index (χ2v) is 5.66. The van der Waals surface area contributed by atoms with E-state index < -0.39 is 0 Å². The van der Waals surface area contributed by atoms with Crippen molar-refractivity contribution in [3.05, 3.63) is 65.3 Å². The molecular formula is C17H14ClNO. The minimum absolute atomic E-state index is 0.196. The van der Waals surface area contributed by atoms with Crippen LogP contribution in [0.1, 0.15) is 5.56 Å². The standard InChI is InChI=1S/C17H14ClNO/c18-14-6-5-12-7-8-19(16(12)10-14)11-15-9-13-3-1-2-4-17(13)20-15/h1-8,10,15H,9,11H2. The van der Waals surface area contributed by atoms with E-state index in [1.807, 2.05) is 24.3 Å². The van der Waals surface area contributed by atoms with Crippen molar-refractivity contribution in [2.75, 3.05) is 0 Å². The summed E-state index contributed by atoms with van der Waals surface area (Å²) < 4.78 is 8.23. The number of para-hydroxylation sites is 1. The molecule has 100 valence electrons. The van der Waals surface area contributed by atoms with Crippen LogP contribution in [-0.4, -0.2) is 10.7 Å². The number of fused-ring (bicyclic) bond motifs is 2. The molecule has 1 atom stereocenters. The number of aromatic nitrogens is 1. The number of nitrogens with zero attached hydrogens (tertiary/aromatic N) is 1. The first-order valence-corrected chi connectivity index (χ1v) is 7.16. The van der Waals surface area contributed by atoms with E-state index in [4.69, 9.17) is 16.3 Å². The summed E-state index contributed by atoms with van der Waals surface area (Å²) in [6.45, 7) is 0.846. The highest BCUT2D eigenvalue weighted by molar-refractivity contribution is 6.31. The molecule has 0 bridgehead atoms. The number of hydrogen-bond donors (Lipinski definition) is 0. The van der Waals surface area contributed by atoms with Gasteiger partial charge in [-0.3, -0.25) is 0 Å². The van der Waals surface area contributed by atoms with E-state index in [0.717, 1.165) is 29.3 Å². The highest BCUT2D eigenvalue weighted by Gasteiger charge is 2.22. The number of hydrogen-bond acceptors (Lipinski definition) is 1. The Bertz CT molecular complexity index is 753. The van der Waals surface area contributed by atoms with Gasteiger partial charge in [-0.2, -0.15) is 0 Å². The van der Waals surface area contributed by atoms with E-state index in [9.17, 15) is 0 Å². The summed E-state index contributed by atoms with van der Waals surface area (Å²) in [5.74, 6) is 1.02. The summed E-state index contributed by atoms with van der Waals surface area (Å²) in [5.41, 5.74) is 2.46. The molecule has 2 aromatic carbocycles. The monoisotopic (exact) mass is 283 g/mol. The molecule has 0 saturated carbocycles. The summed E-state index contributed by atoms with van der Waals surface area (Å²) in [4.78, 5) is 0. The van der Waals surface area contributed by atoms with E-state index in [-0.39, 0.29) is 6.10 Å². The lowest BCUT2D eigenvalue weighted by atomic mass is 10.1. The quantitative estimate of drug-likeness (QED) is 0.684. The first kappa shape index (κ1) is 11.9. The summed E-state index contributed by atoms with van der Waals surface area (Å²) in [5, 5.41) is 1.98. The summed E-state index contributed by atoms with van der Waals surface area (Å²) in [7, 11) is 0. The summed E-state index contributed by atoms with van der Waals surface area (Å²) in [6.07, 6.45) is 3.27. The predicted octanol–water partition coefficient (Wildman–Crippen LogP) is 4.30. The molecule has 0 amide bonds. The number of benzene rings is 2. The third kappa shape index (κ3) is 1.97. The van der Waals surface area contributed by atoms with E-state index >= 15 is 0 Å². The van der Waals surface area contributed by atoms with Gasteiger partial charge in [-0.15, -0.1) is 0 Å². The molecule has 2 nitrogen and oxygen atoms in total. The maximum Gasteiger partial charge on any atom is 0.123 e. The fourth-order valence-corrected chi connectivity index (χ4v) is 3.06. The van der Waals surface area contributed by atoms with Gasteiger partial charge in [0.25, 0.3) is 0 Å². The van der Waals surface area contributed by atoms with Gasteiger partial charge in [-0.1, -0.05) is 35.9 Å². The van der Waals surface area contributed by atoms with Gasteiger partial charge in [0.1, 0.15) is 11.9 Å². The van der Waals surface area contributed by atoms with Crippen LogP contribution >= 0.6 is 11.6 Å². The van der Waals surface area contributed by atoms with E-state index in [2.05, 4.69) is 35.0 Å². The van der Waals surface area contributed by atoms with Gasteiger partial charge in [0.15, 0.2) is 0 Å². The Morgan fingerprint density at radius 2 is 2.05 bits per heavy atom. The van der Waals surface area contributed by atoms with Crippen molar-refractivity contribution in [3.63, 3.8) is 0 Å². The van der Waals surface area contributed by atoms with Crippen LogP contribution < -0.4 is 4.74 Å². The van der Waals surface area contributed by atoms with Gasteiger partial charge in [-0.25, -0.2) is 0 Å². The fraction of sp³-hybridized carbons (Fsp3) is 0.176. The van der Waals surface area contributed by atoms with Crippen LogP contribution in [-0.2, 0) is 13.0 Å². The third-order valence-corrected chi connectivity index (χ3v) is 4.09. The van der Waals surface area contributed by atoms with E-state index in [1.165, 1.54) is 10.9 Å². The lowest BCUT2D eigenvalue weighted by Crippen LogP contribution is -2.20. The molecule has 1 unspecified atom stereocenters. The maximum absolute atomic E-state index is 6.09. The molecular weight excluding hydrogens is 270 g/mol. The largest absolute Gasteiger partial charge is 0.488 e. The average molecular weight is 284 g/mol. The van der Waals surface area contributed by atoms with Crippen LogP contribution in [0.3, 0.4) is 0 Å². The molecule has 3 heteroatoms. The second kappa shape index (κ2) is 4.57. The Morgan fingerprint density at radius 1 is 1.15 bits per heavy atom. The Kier molecular flexibility index (Phi) is 2.71. The number of halogens is 1. The highest BCUT2D eigenvalue weighted by atomic mass is 35.5. The van der Waals surface area contributed by atoms with Crippen LogP contribution in [0.25, 0.3) is 10.9 Å². The first-order chi connectivity index (χ1) is 9.79. The van der Waals surface area contributed by atoms with Gasteiger partial charge in [0, 0.05) is 23.2 Å². The Balaban J connectivity index is 1.62. The minimum Gasteiger partial charge on any atom is -0.488 e. The molecule has 0 radical (unpaired) electrons. The van der Waals surface area contributed by atoms with Crippen molar-refractivity contribution < 1.29 is 4.74 Å². The Morgan fingerprint density at radius 3 is 2.95 bits per heavy atom. The Hall–Kier alpha value is -1.93. The molecule has 0 saturated heterocycles.